The molecular weight excluding hydrogens is 214 g/mol. The number of rotatable bonds is 2. The Labute approximate surface area is 102 Å². The van der Waals surface area contributed by atoms with Crippen LogP contribution in [-0.4, -0.2) is 33.3 Å². The topological polar surface area (TPSA) is 50.1 Å². The summed E-state index contributed by atoms with van der Waals surface area (Å²) in [5.41, 5.74) is 1.19. The van der Waals surface area contributed by atoms with E-state index < -0.39 is 0 Å². The number of aliphatic hydroxyl groups is 1. The van der Waals surface area contributed by atoms with E-state index in [1.54, 1.807) is 0 Å². The molecule has 1 aromatic heterocycles. The normalized spacial score (nSPS) is 29.0. The predicted octanol–water partition coefficient (Wildman–Crippen LogP) is 0.875. The van der Waals surface area contributed by atoms with Crippen LogP contribution in [0.2, 0.25) is 0 Å². The van der Waals surface area contributed by atoms with Crippen molar-refractivity contribution in [2.45, 2.75) is 57.2 Å². The van der Waals surface area contributed by atoms with Crippen molar-refractivity contribution in [3.05, 3.63) is 17.7 Å². The lowest BCUT2D eigenvalue weighted by molar-refractivity contribution is 0.130. The minimum absolute atomic E-state index is 0.183. The molecule has 2 unspecified atom stereocenters. The van der Waals surface area contributed by atoms with Crippen LogP contribution < -0.4 is 5.32 Å². The first-order valence-corrected chi connectivity index (χ1v) is 6.77. The molecule has 94 valence electrons. The minimum Gasteiger partial charge on any atom is -0.391 e. The van der Waals surface area contributed by atoms with Crippen LogP contribution in [0.3, 0.4) is 0 Å². The van der Waals surface area contributed by atoms with Crippen LogP contribution in [0, 0.1) is 0 Å². The van der Waals surface area contributed by atoms with E-state index in [9.17, 15) is 5.11 Å². The SMILES string of the molecule is OC1CCc2nc(CC3CCCCN3)cn2C1. The second kappa shape index (κ2) is 4.78. The zero-order chi connectivity index (χ0) is 11.7. The van der Waals surface area contributed by atoms with Gasteiger partial charge in [-0.15, -0.1) is 0 Å². The van der Waals surface area contributed by atoms with Crippen LogP contribution in [0.1, 0.15) is 37.2 Å². The Morgan fingerprint density at radius 3 is 3.18 bits per heavy atom. The van der Waals surface area contributed by atoms with Crippen molar-refractivity contribution >= 4 is 0 Å². The van der Waals surface area contributed by atoms with Crippen LogP contribution in [0.4, 0.5) is 0 Å². The highest BCUT2D eigenvalue weighted by molar-refractivity contribution is 5.08. The van der Waals surface area contributed by atoms with E-state index in [0.29, 0.717) is 6.04 Å². The number of aromatic nitrogens is 2. The maximum Gasteiger partial charge on any atom is 0.109 e. The maximum atomic E-state index is 9.63. The van der Waals surface area contributed by atoms with Crippen molar-refractivity contribution in [1.29, 1.82) is 0 Å². The van der Waals surface area contributed by atoms with E-state index >= 15 is 0 Å². The number of nitrogens with one attached hydrogen (secondary N) is 1. The van der Waals surface area contributed by atoms with Gasteiger partial charge in [-0.2, -0.15) is 0 Å². The van der Waals surface area contributed by atoms with Gasteiger partial charge < -0.3 is 15.0 Å². The van der Waals surface area contributed by atoms with E-state index in [1.165, 1.54) is 25.0 Å². The van der Waals surface area contributed by atoms with Gasteiger partial charge in [-0.25, -0.2) is 4.98 Å². The molecule has 1 fully saturated rings. The first-order valence-electron chi connectivity index (χ1n) is 6.77. The number of imidazole rings is 1. The number of hydrogen-bond acceptors (Lipinski definition) is 3. The van der Waals surface area contributed by atoms with Gasteiger partial charge in [-0.05, 0) is 25.8 Å². The van der Waals surface area contributed by atoms with Gasteiger partial charge in [0.25, 0.3) is 0 Å². The monoisotopic (exact) mass is 235 g/mol. The van der Waals surface area contributed by atoms with Crippen molar-refractivity contribution in [2.24, 2.45) is 0 Å². The van der Waals surface area contributed by atoms with Gasteiger partial charge in [0, 0.05) is 31.6 Å². The lowest BCUT2D eigenvalue weighted by Gasteiger charge is -2.22. The predicted molar refractivity (Wildman–Crippen MR) is 65.9 cm³/mol. The fourth-order valence-electron chi connectivity index (χ4n) is 2.93. The van der Waals surface area contributed by atoms with Crippen LogP contribution >= 0.6 is 0 Å². The summed E-state index contributed by atoms with van der Waals surface area (Å²) in [6, 6.07) is 0.602. The average Bonchev–Trinajstić information content (AvgIpc) is 2.71. The molecule has 0 amide bonds. The third-order valence-electron chi connectivity index (χ3n) is 3.89. The van der Waals surface area contributed by atoms with E-state index in [1.807, 2.05) is 0 Å². The fourth-order valence-corrected chi connectivity index (χ4v) is 2.93. The molecular formula is C13H21N3O. The fraction of sp³-hybridized carbons (Fsp3) is 0.769. The number of nitrogens with zero attached hydrogens (tertiary/aromatic N) is 2. The van der Waals surface area contributed by atoms with Crippen molar-refractivity contribution < 1.29 is 5.11 Å². The molecule has 0 radical (unpaired) electrons. The van der Waals surface area contributed by atoms with E-state index in [4.69, 9.17) is 4.98 Å². The summed E-state index contributed by atoms with van der Waals surface area (Å²) in [5.74, 6) is 1.15. The Morgan fingerprint density at radius 1 is 1.41 bits per heavy atom. The minimum atomic E-state index is -0.183. The quantitative estimate of drug-likeness (QED) is 0.800. The summed E-state index contributed by atoms with van der Waals surface area (Å²) in [4.78, 5) is 4.69. The highest BCUT2D eigenvalue weighted by Gasteiger charge is 2.20. The molecule has 0 aliphatic carbocycles. The van der Waals surface area contributed by atoms with Crippen LogP contribution in [0.25, 0.3) is 0 Å². The third kappa shape index (κ3) is 2.53. The second-order valence-electron chi connectivity index (χ2n) is 5.34. The molecule has 17 heavy (non-hydrogen) atoms. The number of piperidine rings is 1. The van der Waals surface area contributed by atoms with Gasteiger partial charge in [-0.3, -0.25) is 0 Å². The molecule has 4 nitrogen and oxygen atoms in total. The summed E-state index contributed by atoms with van der Waals surface area (Å²) in [5, 5.41) is 13.2. The molecule has 4 heteroatoms. The Bertz CT molecular complexity index is 382. The molecule has 3 rings (SSSR count). The van der Waals surface area contributed by atoms with E-state index in [-0.39, 0.29) is 6.10 Å². The molecule has 0 saturated carbocycles. The molecule has 2 atom stereocenters. The summed E-state index contributed by atoms with van der Waals surface area (Å²) in [7, 11) is 0. The Morgan fingerprint density at radius 2 is 2.35 bits per heavy atom. The second-order valence-corrected chi connectivity index (χ2v) is 5.34. The Hall–Kier alpha value is -0.870. The summed E-state index contributed by atoms with van der Waals surface area (Å²) in [6.07, 6.45) is 8.68. The lowest BCUT2D eigenvalue weighted by Crippen LogP contribution is -2.35. The molecule has 2 aliphatic heterocycles. The highest BCUT2D eigenvalue weighted by atomic mass is 16.3. The molecule has 1 saturated heterocycles. The van der Waals surface area contributed by atoms with Gasteiger partial charge >= 0.3 is 0 Å². The van der Waals surface area contributed by atoms with Crippen LogP contribution in [0.5, 0.6) is 0 Å². The largest absolute Gasteiger partial charge is 0.391 e. The molecule has 3 heterocycles. The summed E-state index contributed by atoms with van der Waals surface area (Å²) < 4.78 is 2.13. The lowest BCUT2D eigenvalue weighted by atomic mass is 10.0. The van der Waals surface area contributed by atoms with Gasteiger partial charge in [0.15, 0.2) is 0 Å². The standard InChI is InChI=1S/C13H21N3O/c17-12-4-5-13-15-11(8-16(13)9-12)7-10-3-1-2-6-14-10/h8,10,12,14,17H,1-7,9H2. The number of hydrogen-bond donors (Lipinski definition) is 2. The van der Waals surface area contributed by atoms with Crippen molar-refractivity contribution in [1.82, 2.24) is 14.9 Å². The van der Waals surface area contributed by atoms with Gasteiger partial charge in [0.1, 0.15) is 5.82 Å². The molecule has 1 aromatic rings. The van der Waals surface area contributed by atoms with E-state index in [2.05, 4.69) is 16.1 Å². The van der Waals surface area contributed by atoms with Crippen LogP contribution in [-0.2, 0) is 19.4 Å². The van der Waals surface area contributed by atoms with Crippen molar-refractivity contribution in [3.63, 3.8) is 0 Å². The number of fused-ring (bicyclic) bond motifs is 1. The number of aliphatic hydroxyl groups excluding tert-OH is 1. The smallest absolute Gasteiger partial charge is 0.109 e. The molecule has 0 aromatic carbocycles. The zero-order valence-electron chi connectivity index (χ0n) is 10.2. The van der Waals surface area contributed by atoms with Gasteiger partial charge in [0.05, 0.1) is 11.8 Å². The Kier molecular flexibility index (Phi) is 3.16. The van der Waals surface area contributed by atoms with Gasteiger partial charge in [-0.1, -0.05) is 6.42 Å². The molecule has 2 aliphatic rings. The summed E-state index contributed by atoms with van der Waals surface area (Å²) in [6.45, 7) is 1.87. The molecule has 0 bridgehead atoms. The average molecular weight is 235 g/mol. The summed E-state index contributed by atoms with van der Waals surface area (Å²) >= 11 is 0. The van der Waals surface area contributed by atoms with Crippen molar-refractivity contribution in [3.8, 4) is 0 Å². The third-order valence-corrected chi connectivity index (χ3v) is 3.89. The van der Waals surface area contributed by atoms with Crippen molar-refractivity contribution in [2.75, 3.05) is 6.54 Å². The molecule has 2 N–H and O–H groups in total. The first-order chi connectivity index (χ1) is 8.31. The van der Waals surface area contributed by atoms with Crippen LogP contribution in [0.15, 0.2) is 6.20 Å². The zero-order valence-corrected chi connectivity index (χ0v) is 10.2. The van der Waals surface area contributed by atoms with Gasteiger partial charge in [0.2, 0.25) is 0 Å². The Balaban J connectivity index is 1.67. The first kappa shape index (κ1) is 11.2. The molecule has 0 spiro atoms. The maximum absolute atomic E-state index is 9.63. The number of aryl methyl sites for hydroxylation is 1. The van der Waals surface area contributed by atoms with E-state index in [0.717, 1.165) is 38.2 Å². The highest BCUT2D eigenvalue weighted by Crippen LogP contribution is 2.17.